The third-order valence-electron chi connectivity index (χ3n) is 5.03. The lowest BCUT2D eigenvalue weighted by atomic mass is 10.1. The van der Waals surface area contributed by atoms with Crippen LogP contribution in [-0.2, 0) is 4.79 Å². The van der Waals surface area contributed by atoms with Crippen molar-refractivity contribution >= 4 is 23.5 Å². The average molecular weight is 428 g/mol. The van der Waals surface area contributed by atoms with Crippen molar-refractivity contribution in [3.63, 3.8) is 0 Å². The van der Waals surface area contributed by atoms with Crippen LogP contribution in [0.5, 0.6) is 17.2 Å². The van der Waals surface area contributed by atoms with E-state index >= 15 is 0 Å². The van der Waals surface area contributed by atoms with Gasteiger partial charge >= 0.3 is 0 Å². The summed E-state index contributed by atoms with van der Waals surface area (Å²) in [6.45, 7) is 2.54. The highest BCUT2D eigenvalue weighted by molar-refractivity contribution is 6.33. The maximum absolute atomic E-state index is 13.5. The van der Waals surface area contributed by atoms with Crippen molar-refractivity contribution in [3.05, 3.63) is 89.6 Å². The number of carbonyl (C=O) groups is 1. The van der Waals surface area contributed by atoms with E-state index in [1.54, 1.807) is 25.2 Å². The first-order valence-corrected chi connectivity index (χ1v) is 10.3. The summed E-state index contributed by atoms with van der Waals surface area (Å²) in [4.78, 5) is 19.8. The number of amidine groups is 1. The first-order chi connectivity index (χ1) is 15.6. The minimum Gasteiger partial charge on any atom is -0.497 e. The molecule has 3 aromatic rings. The van der Waals surface area contributed by atoms with Gasteiger partial charge < -0.3 is 14.2 Å². The zero-order valence-corrected chi connectivity index (χ0v) is 18.2. The molecule has 3 aromatic carbocycles. The SMILES string of the molecule is CCOc1ccc(/C=C2\N=C(c3ccccc3OC)N(c3ccc(OC)cc3)C2=O)cc1. The molecular weight excluding hydrogens is 404 g/mol. The quantitative estimate of drug-likeness (QED) is 0.500. The lowest BCUT2D eigenvalue weighted by molar-refractivity contribution is -0.113. The van der Waals surface area contributed by atoms with E-state index in [0.29, 0.717) is 35.3 Å². The molecule has 0 aromatic heterocycles. The van der Waals surface area contributed by atoms with Gasteiger partial charge in [0, 0.05) is 0 Å². The Morgan fingerprint density at radius 3 is 2.22 bits per heavy atom. The Kier molecular flexibility index (Phi) is 6.22. The van der Waals surface area contributed by atoms with E-state index in [4.69, 9.17) is 19.2 Å². The van der Waals surface area contributed by atoms with Gasteiger partial charge in [0.25, 0.3) is 5.91 Å². The third-order valence-corrected chi connectivity index (χ3v) is 5.03. The van der Waals surface area contributed by atoms with Gasteiger partial charge in [-0.1, -0.05) is 24.3 Å². The summed E-state index contributed by atoms with van der Waals surface area (Å²) in [5, 5.41) is 0. The van der Waals surface area contributed by atoms with Crippen LogP contribution >= 0.6 is 0 Å². The summed E-state index contributed by atoms with van der Waals surface area (Å²) in [5.41, 5.74) is 2.62. The maximum atomic E-state index is 13.5. The van der Waals surface area contributed by atoms with Crippen LogP contribution in [0.2, 0.25) is 0 Å². The van der Waals surface area contributed by atoms with Gasteiger partial charge in [0.05, 0.1) is 32.1 Å². The number of para-hydroxylation sites is 1. The summed E-state index contributed by atoms with van der Waals surface area (Å²) in [6, 6.07) is 22.4. The first-order valence-electron chi connectivity index (χ1n) is 10.3. The zero-order valence-electron chi connectivity index (χ0n) is 18.2. The van der Waals surface area contributed by atoms with E-state index in [-0.39, 0.29) is 5.91 Å². The molecule has 0 unspecified atom stereocenters. The van der Waals surface area contributed by atoms with Crippen LogP contribution in [0.15, 0.2) is 83.5 Å². The largest absolute Gasteiger partial charge is 0.497 e. The van der Waals surface area contributed by atoms with Crippen molar-refractivity contribution in [2.45, 2.75) is 6.92 Å². The van der Waals surface area contributed by atoms with Gasteiger partial charge in [-0.15, -0.1) is 0 Å². The minimum absolute atomic E-state index is 0.218. The number of benzene rings is 3. The second kappa shape index (κ2) is 9.39. The molecule has 0 radical (unpaired) electrons. The van der Waals surface area contributed by atoms with Crippen LogP contribution in [0.1, 0.15) is 18.1 Å². The standard InChI is InChI=1S/C26H24N2O4/c1-4-32-21-13-9-18(10-14-21)17-23-26(29)28(19-11-15-20(30-2)16-12-19)25(27-23)22-7-5-6-8-24(22)31-3/h5-17H,4H2,1-3H3/b23-17-. The fourth-order valence-corrected chi connectivity index (χ4v) is 3.48. The van der Waals surface area contributed by atoms with Gasteiger partial charge in [0.15, 0.2) is 5.84 Å². The Bertz CT molecular complexity index is 1170. The summed E-state index contributed by atoms with van der Waals surface area (Å²) in [7, 11) is 3.21. The minimum atomic E-state index is -0.218. The monoisotopic (exact) mass is 428 g/mol. The van der Waals surface area contributed by atoms with Crippen LogP contribution in [-0.4, -0.2) is 32.6 Å². The topological polar surface area (TPSA) is 60.4 Å². The van der Waals surface area contributed by atoms with Crippen LogP contribution in [0.4, 0.5) is 5.69 Å². The Morgan fingerprint density at radius 2 is 1.56 bits per heavy atom. The molecule has 0 aliphatic carbocycles. The average Bonchev–Trinajstić information content (AvgIpc) is 3.16. The van der Waals surface area contributed by atoms with Gasteiger partial charge in [0.1, 0.15) is 22.9 Å². The number of nitrogens with zero attached hydrogens (tertiary/aromatic N) is 2. The van der Waals surface area contributed by atoms with Crippen molar-refractivity contribution in [3.8, 4) is 17.2 Å². The van der Waals surface area contributed by atoms with Crippen LogP contribution in [0, 0.1) is 0 Å². The van der Waals surface area contributed by atoms with Gasteiger partial charge in [-0.2, -0.15) is 0 Å². The van der Waals surface area contributed by atoms with Crippen molar-refractivity contribution in [2.75, 3.05) is 25.7 Å². The predicted octanol–water partition coefficient (Wildman–Crippen LogP) is 4.94. The first kappa shape index (κ1) is 21.2. The highest BCUT2D eigenvalue weighted by Crippen LogP contribution is 2.32. The number of hydrogen-bond donors (Lipinski definition) is 0. The molecule has 1 amide bonds. The molecule has 0 bridgehead atoms. The van der Waals surface area contributed by atoms with Crippen LogP contribution in [0.3, 0.4) is 0 Å². The number of rotatable bonds is 7. The Balaban J connectivity index is 1.78. The summed E-state index contributed by atoms with van der Waals surface area (Å²) in [6.07, 6.45) is 1.77. The van der Waals surface area contributed by atoms with Gasteiger partial charge in [-0.25, -0.2) is 4.99 Å². The van der Waals surface area contributed by atoms with Crippen molar-refractivity contribution in [1.29, 1.82) is 0 Å². The molecular formula is C26H24N2O4. The second-order valence-electron chi connectivity index (χ2n) is 7.01. The molecule has 0 saturated heterocycles. The molecule has 0 atom stereocenters. The number of ether oxygens (including phenoxy) is 3. The lowest BCUT2D eigenvalue weighted by Gasteiger charge is -2.20. The molecule has 1 aliphatic rings. The molecule has 162 valence electrons. The second-order valence-corrected chi connectivity index (χ2v) is 7.01. The number of methoxy groups -OCH3 is 2. The molecule has 6 nitrogen and oxygen atoms in total. The van der Waals surface area contributed by atoms with Gasteiger partial charge in [-0.3, -0.25) is 9.69 Å². The van der Waals surface area contributed by atoms with Crippen LogP contribution in [0.25, 0.3) is 6.08 Å². The van der Waals surface area contributed by atoms with Crippen molar-refractivity contribution in [1.82, 2.24) is 0 Å². The Labute approximate surface area is 187 Å². The third kappa shape index (κ3) is 4.21. The zero-order chi connectivity index (χ0) is 22.5. The molecule has 6 heteroatoms. The molecule has 1 aliphatic heterocycles. The number of amides is 1. The fraction of sp³-hybridized carbons (Fsp3) is 0.154. The van der Waals surface area contributed by atoms with Gasteiger partial charge in [0.2, 0.25) is 0 Å². The van der Waals surface area contributed by atoms with E-state index in [1.165, 1.54) is 0 Å². The highest BCUT2D eigenvalue weighted by Gasteiger charge is 2.33. The predicted molar refractivity (Wildman–Crippen MR) is 126 cm³/mol. The summed E-state index contributed by atoms with van der Waals surface area (Å²) >= 11 is 0. The van der Waals surface area contributed by atoms with Crippen molar-refractivity contribution in [2.24, 2.45) is 4.99 Å². The molecule has 4 rings (SSSR count). The smallest absolute Gasteiger partial charge is 0.282 e. The van der Waals surface area contributed by atoms with E-state index in [1.807, 2.05) is 79.7 Å². The highest BCUT2D eigenvalue weighted by atomic mass is 16.5. The summed E-state index contributed by atoms with van der Waals surface area (Å²) < 4.78 is 16.3. The molecule has 0 fully saturated rings. The maximum Gasteiger partial charge on any atom is 0.282 e. The van der Waals surface area contributed by atoms with Gasteiger partial charge in [-0.05, 0) is 67.1 Å². The molecule has 0 spiro atoms. The molecule has 1 heterocycles. The van der Waals surface area contributed by atoms with E-state index in [2.05, 4.69) is 0 Å². The lowest BCUT2D eigenvalue weighted by Crippen LogP contribution is -2.32. The Hall–Kier alpha value is -4.06. The number of carbonyl (C=O) groups excluding carboxylic acids is 1. The molecule has 32 heavy (non-hydrogen) atoms. The van der Waals surface area contributed by atoms with Crippen molar-refractivity contribution < 1.29 is 19.0 Å². The molecule has 0 saturated carbocycles. The van der Waals surface area contributed by atoms with E-state index in [0.717, 1.165) is 16.9 Å². The van der Waals surface area contributed by atoms with E-state index in [9.17, 15) is 4.79 Å². The Morgan fingerprint density at radius 1 is 0.875 bits per heavy atom. The van der Waals surface area contributed by atoms with Crippen LogP contribution < -0.4 is 19.1 Å². The fourth-order valence-electron chi connectivity index (χ4n) is 3.48. The normalized spacial score (nSPS) is 14.5. The number of hydrogen-bond acceptors (Lipinski definition) is 5. The molecule has 0 N–H and O–H groups in total. The number of aliphatic imine (C=N–C) groups is 1. The number of anilines is 1. The summed E-state index contributed by atoms with van der Waals surface area (Å²) in [5.74, 6) is 2.42. The van der Waals surface area contributed by atoms with E-state index < -0.39 is 0 Å².